The largest absolute Gasteiger partial charge is 0.508 e. The Morgan fingerprint density at radius 2 is 2.30 bits per heavy atom. The van der Waals surface area contributed by atoms with E-state index in [1.165, 1.54) is 5.57 Å². The third-order valence-electron chi connectivity index (χ3n) is 4.86. The molecule has 0 bridgehead atoms. The molecule has 2 N–H and O–H groups in total. The van der Waals surface area contributed by atoms with E-state index in [4.69, 9.17) is 0 Å². The van der Waals surface area contributed by atoms with Crippen LogP contribution in [0.15, 0.2) is 34.8 Å². The van der Waals surface area contributed by atoms with Crippen LogP contribution >= 0.6 is 0 Å². The Balaban J connectivity index is 1.91. The standard InChI is InChI=1S/C16H16N2O2/c19-11-1-2-12-14(7-11)18-15(20)8-16(12)5-3-10-4-6-17-9-13(10)16/h1-2,4,7,9,13,19H,3,5-6,8H2,(H,18,20). The molecule has 20 heavy (non-hydrogen) atoms. The fourth-order valence-corrected chi connectivity index (χ4v) is 3.98. The lowest BCUT2D eigenvalue weighted by Gasteiger charge is -2.39. The molecule has 2 unspecified atom stereocenters. The first kappa shape index (κ1) is 11.7. The van der Waals surface area contributed by atoms with E-state index < -0.39 is 0 Å². The number of rotatable bonds is 0. The number of carbonyl (C=O) groups is 1. The van der Waals surface area contributed by atoms with Gasteiger partial charge in [0.05, 0.1) is 6.54 Å². The minimum absolute atomic E-state index is 0.0309. The zero-order valence-electron chi connectivity index (χ0n) is 11.1. The minimum Gasteiger partial charge on any atom is -0.508 e. The SMILES string of the molecule is O=C1CC2(CCC3=CCN=CC32)c2ccc(O)cc2N1. The van der Waals surface area contributed by atoms with Gasteiger partial charge in [-0.2, -0.15) is 0 Å². The molecule has 0 radical (unpaired) electrons. The van der Waals surface area contributed by atoms with E-state index in [9.17, 15) is 9.90 Å². The number of anilines is 1. The molecule has 2 heterocycles. The smallest absolute Gasteiger partial charge is 0.225 e. The monoisotopic (exact) mass is 268 g/mol. The van der Waals surface area contributed by atoms with E-state index in [-0.39, 0.29) is 23.0 Å². The zero-order valence-corrected chi connectivity index (χ0v) is 11.1. The van der Waals surface area contributed by atoms with Crippen molar-refractivity contribution in [3.05, 3.63) is 35.4 Å². The highest BCUT2D eigenvalue weighted by atomic mass is 16.3. The predicted molar refractivity (Wildman–Crippen MR) is 77.2 cm³/mol. The molecule has 2 atom stereocenters. The van der Waals surface area contributed by atoms with E-state index >= 15 is 0 Å². The van der Waals surface area contributed by atoms with Crippen molar-refractivity contribution in [2.45, 2.75) is 24.7 Å². The van der Waals surface area contributed by atoms with Crippen molar-refractivity contribution in [3.8, 4) is 5.75 Å². The van der Waals surface area contributed by atoms with Gasteiger partial charge in [0.15, 0.2) is 0 Å². The van der Waals surface area contributed by atoms with Gasteiger partial charge < -0.3 is 10.4 Å². The molecule has 1 saturated carbocycles. The van der Waals surface area contributed by atoms with Gasteiger partial charge >= 0.3 is 0 Å². The van der Waals surface area contributed by atoms with Gasteiger partial charge in [0, 0.05) is 35.7 Å². The summed E-state index contributed by atoms with van der Waals surface area (Å²) in [5, 5.41) is 12.5. The average molecular weight is 268 g/mol. The summed E-state index contributed by atoms with van der Waals surface area (Å²) >= 11 is 0. The molecular weight excluding hydrogens is 252 g/mol. The summed E-state index contributed by atoms with van der Waals surface area (Å²) in [6.45, 7) is 0.760. The lowest BCUT2D eigenvalue weighted by atomic mass is 9.67. The van der Waals surface area contributed by atoms with Gasteiger partial charge in [-0.1, -0.05) is 17.7 Å². The number of phenolic OH excluding ortho intramolecular Hbond substituents is 1. The van der Waals surface area contributed by atoms with Crippen molar-refractivity contribution >= 4 is 17.8 Å². The number of allylic oxidation sites excluding steroid dienone is 1. The molecular formula is C16H16N2O2. The van der Waals surface area contributed by atoms with Gasteiger partial charge in [-0.3, -0.25) is 9.79 Å². The topological polar surface area (TPSA) is 61.7 Å². The Morgan fingerprint density at radius 1 is 1.40 bits per heavy atom. The molecule has 2 aliphatic heterocycles. The predicted octanol–water partition coefficient (Wildman–Crippen LogP) is 2.39. The minimum atomic E-state index is -0.179. The summed E-state index contributed by atoms with van der Waals surface area (Å²) in [6.07, 6.45) is 6.73. The molecule has 3 aliphatic rings. The second-order valence-electron chi connectivity index (χ2n) is 5.88. The fraction of sp³-hybridized carbons (Fsp3) is 0.375. The van der Waals surface area contributed by atoms with Gasteiger partial charge in [0.1, 0.15) is 5.75 Å². The van der Waals surface area contributed by atoms with Gasteiger partial charge in [-0.15, -0.1) is 0 Å². The molecule has 102 valence electrons. The highest BCUT2D eigenvalue weighted by Gasteiger charge is 2.50. The van der Waals surface area contributed by atoms with Crippen LogP contribution in [0.4, 0.5) is 5.69 Å². The first-order valence-electron chi connectivity index (χ1n) is 7.01. The number of fused-ring (bicyclic) bond motifs is 4. The van der Waals surface area contributed by atoms with E-state index in [1.807, 2.05) is 12.3 Å². The highest BCUT2D eigenvalue weighted by Crippen LogP contribution is 2.54. The average Bonchev–Trinajstić information content (AvgIpc) is 2.78. The Kier molecular flexibility index (Phi) is 2.31. The van der Waals surface area contributed by atoms with Crippen molar-refractivity contribution in [2.75, 3.05) is 11.9 Å². The van der Waals surface area contributed by atoms with E-state index in [0.29, 0.717) is 6.42 Å². The quantitative estimate of drug-likeness (QED) is 0.710. The van der Waals surface area contributed by atoms with Crippen molar-refractivity contribution < 1.29 is 9.90 Å². The summed E-state index contributed by atoms with van der Waals surface area (Å²) in [4.78, 5) is 16.5. The molecule has 1 aromatic carbocycles. The number of nitrogens with zero attached hydrogens (tertiary/aromatic N) is 1. The highest BCUT2D eigenvalue weighted by molar-refractivity contribution is 5.97. The molecule has 4 rings (SSSR count). The molecule has 1 fully saturated rings. The van der Waals surface area contributed by atoms with Crippen LogP contribution in [0.1, 0.15) is 24.8 Å². The maximum atomic E-state index is 12.1. The van der Waals surface area contributed by atoms with Crippen molar-refractivity contribution in [1.29, 1.82) is 0 Å². The van der Waals surface area contributed by atoms with Crippen LogP contribution in [0.3, 0.4) is 0 Å². The lowest BCUT2D eigenvalue weighted by Crippen LogP contribution is -2.41. The Morgan fingerprint density at radius 3 is 3.20 bits per heavy atom. The molecule has 1 spiro atoms. The Bertz CT molecular complexity index is 662. The van der Waals surface area contributed by atoms with Gasteiger partial charge in [-0.05, 0) is 24.5 Å². The fourth-order valence-electron chi connectivity index (χ4n) is 3.98. The van der Waals surface area contributed by atoms with E-state index in [1.54, 1.807) is 12.1 Å². The number of hydrogen-bond donors (Lipinski definition) is 2. The number of carbonyl (C=O) groups excluding carboxylic acids is 1. The summed E-state index contributed by atoms with van der Waals surface area (Å²) in [5.41, 5.74) is 3.12. The van der Waals surface area contributed by atoms with E-state index in [0.717, 1.165) is 30.6 Å². The first-order valence-corrected chi connectivity index (χ1v) is 7.01. The Labute approximate surface area is 117 Å². The number of hydrogen-bond acceptors (Lipinski definition) is 3. The number of dihydropyridines is 1. The summed E-state index contributed by atoms with van der Waals surface area (Å²) in [7, 11) is 0. The number of aliphatic imine (C=N–C) groups is 1. The van der Waals surface area contributed by atoms with Crippen LogP contribution in [0.5, 0.6) is 5.75 Å². The second kappa shape index (κ2) is 3.95. The number of benzene rings is 1. The van der Waals surface area contributed by atoms with Crippen molar-refractivity contribution in [1.82, 2.24) is 0 Å². The molecule has 1 amide bonds. The summed E-state index contributed by atoms with van der Waals surface area (Å²) in [6, 6.07) is 5.31. The van der Waals surface area contributed by atoms with Crippen LogP contribution in [-0.2, 0) is 10.2 Å². The maximum absolute atomic E-state index is 12.1. The number of amides is 1. The van der Waals surface area contributed by atoms with Crippen LogP contribution in [0, 0.1) is 5.92 Å². The third kappa shape index (κ3) is 1.48. The van der Waals surface area contributed by atoms with E-state index in [2.05, 4.69) is 16.4 Å². The lowest BCUT2D eigenvalue weighted by molar-refractivity contribution is -0.118. The second-order valence-corrected chi connectivity index (χ2v) is 5.88. The molecule has 0 saturated heterocycles. The molecule has 1 aromatic rings. The zero-order chi connectivity index (χ0) is 13.7. The Hall–Kier alpha value is -2.10. The third-order valence-corrected chi connectivity index (χ3v) is 4.86. The number of aromatic hydroxyl groups is 1. The van der Waals surface area contributed by atoms with Crippen LogP contribution in [0.25, 0.3) is 0 Å². The molecule has 4 heteroatoms. The van der Waals surface area contributed by atoms with Gasteiger partial charge in [0.25, 0.3) is 0 Å². The molecule has 4 nitrogen and oxygen atoms in total. The van der Waals surface area contributed by atoms with Crippen molar-refractivity contribution in [2.24, 2.45) is 10.9 Å². The normalized spacial score (nSPS) is 30.7. The molecule has 0 aromatic heterocycles. The summed E-state index contributed by atoms with van der Waals surface area (Å²) < 4.78 is 0. The van der Waals surface area contributed by atoms with Crippen LogP contribution in [-0.4, -0.2) is 23.8 Å². The maximum Gasteiger partial charge on any atom is 0.225 e. The number of nitrogens with one attached hydrogen (secondary N) is 1. The van der Waals surface area contributed by atoms with Crippen LogP contribution < -0.4 is 5.32 Å². The summed E-state index contributed by atoms with van der Waals surface area (Å²) in [5.74, 6) is 0.445. The first-order chi connectivity index (χ1) is 9.69. The van der Waals surface area contributed by atoms with Crippen molar-refractivity contribution in [3.63, 3.8) is 0 Å². The van der Waals surface area contributed by atoms with Gasteiger partial charge in [-0.25, -0.2) is 0 Å². The van der Waals surface area contributed by atoms with Crippen LogP contribution in [0.2, 0.25) is 0 Å². The van der Waals surface area contributed by atoms with Gasteiger partial charge in [0.2, 0.25) is 5.91 Å². The molecule has 1 aliphatic carbocycles. The number of phenols is 1.